The lowest BCUT2D eigenvalue weighted by molar-refractivity contribution is -0.138. The number of nitrogens with zero attached hydrogens (tertiary/aromatic N) is 1. The van der Waals surface area contributed by atoms with Gasteiger partial charge < -0.3 is 10.0 Å². The summed E-state index contributed by atoms with van der Waals surface area (Å²) in [6.45, 7) is 4.24. The Morgan fingerprint density at radius 1 is 1.47 bits per heavy atom. The molecule has 3 nitrogen and oxygen atoms in total. The third-order valence-electron chi connectivity index (χ3n) is 2.53. The van der Waals surface area contributed by atoms with E-state index in [4.69, 9.17) is 28.3 Å². The number of anilines is 1. The molecular formula is C12H15Cl2NO2. The molecule has 1 aromatic carbocycles. The Kier molecular flexibility index (Phi) is 5.09. The first-order valence-electron chi connectivity index (χ1n) is 5.42. The van der Waals surface area contributed by atoms with Gasteiger partial charge in [-0.1, -0.05) is 36.2 Å². The Labute approximate surface area is 111 Å². The maximum absolute atomic E-state index is 11.1. The molecule has 94 valence electrons. The van der Waals surface area contributed by atoms with Crippen LogP contribution in [0.1, 0.15) is 20.3 Å². The third-order valence-corrected chi connectivity index (χ3v) is 3.34. The van der Waals surface area contributed by atoms with E-state index in [1.165, 1.54) is 0 Å². The molecule has 0 aromatic heterocycles. The van der Waals surface area contributed by atoms with Gasteiger partial charge in [0, 0.05) is 6.54 Å². The topological polar surface area (TPSA) is 40.5 Å². The van der Waals surface area contributed by atoms with Crippen molar-refractivity contribution in [3.05, 3.63) is 28.2 Å². The van der Waals surface area contributed by atoms with Crippen LogP contribution in [-0.2, 0) is 4.79 Å². The van der Waals surface area contributed by atoms with Crippen molar-refractivity contribution in [3.63, 3.8) is 0 Å². The Morgan fingerprint density at radius 2 is 2.12 bits per heavy atom. The van der Waals surface area contributed by atoms with E-state index >= 15 is 0 Å². The molecule has 0 bridgehead atoms. The fraction of sp³-hybridized carbons (Fsp3) is 0.417. The summed E-state index contributed by atoms with van der Waals surface area (Å²) in [5, 5.41) is 9.91. The minimum Gasteiger partial charge on any atom is -0.480 e. The van der Waals surface area contributed by atoms with Gasteiger partial charge in [0.1, 0.15) is 6.04 Å². The third kappa shape index (κ3) is 3.27. The van der Waals surface area contributed by atoms with Crippen LogP contribution in [0.2, 0.25) is 10.0 Å². The Balaban J connectivity index is 3.13. The highest BCUT2D eigenvalue weighted by atomic mass is 35.5. The highest BCUT2D eigenvalue weighted by Gasteiger charge is 2.22. The lowest BCUT2D eigenvalue weighted by Crippen LogP contribution is -2.39. The molecule has 0 radical (unpaired) electrons. The minimum absolute atomic E-state index is 0.399. The largest absolute Gasteiger partial charge is 0.480 e. The molecule has 1 atom stereocenters. The van der Waals surface area contributed by atoms with E-state index in [0.717, 1.165) is 6.42 Å². The van der Waals surface area contributed by atoms with Gasteiger partial charge in [0.25, 0.3) is 0 Å². The van der Waals surface area contributed by atoms with Crippen LogP contribution in [0, 0.1) is 0 Å². The number of halogens is 2. The average molecular weight is 276 g/mol. The Hall–Kier alpha value is -0.930. The predicted octanol–water partition coefficient (Wildman–Crippen LogP) is 3.68. The first kappa shape index (κ1) is 14.1. The van der Waals surface area contributed by atoms with Gasteiger partial charge in [-0.25, -0.2) is 4.79 Å². The van der Waals surface area contributed by atoms with Crippen LogP contribution < -0.4 is 4.90 Å². The molecular weight excluding hydrogens is 261 g/mol. The second kappa shape index (κ2) is 6.12. The van der Waals surface area contributed by atoms with E-state index in [1.54, 1.807) is 30.0 Å². The van der Waals surface area contributed by atoms with Crippen LogP contribution in [0.15, 0.2) is 18.2 Å². The van der Waals surface area contributed by atoms with Crippen LogP contribution >= 0.6 is 23.2 Å². The van der Waals surface area contributed by atoms with Gasteiger partial charge in [-0.15, -0.1) is 0 Å². The Morgan fingerprint density at radius 3 is 2.65 bits per heavy atom. The molecule has 0 aliphatic heterocycles. The van der Waals surface area contributed by atoms with E-state index in [2.05, 4.69) is 0 Å². The van der Waals surface area contributed by atoms with Gasteiger partial charge >= 0.3 is 5.97 Å². The molecule has 0 saturated heterocycles. The number of carboxylic acid groups (broad SMARTS) is 1. The molecule has 0 spiro atoms. The summed E-state index contributed by atoms with van der Waals surface area (Å²) in [6.07, 6.45) is 0.834. The molecule has 0 saturated carbocycles. The molecule has 1 N–H and O–H groups in total. The highest BCUT2D eigenvalue weighted by Crippen LogP contribution is 2.33. The van der Waals surface area contributed by atoms with Gasteiger partial charge in [0.05, 0.1) is 15.7 Å². The van der Waals surface area contributed by atoms with E-state index in [-0.39, 0.29) is 0 Å². The average Bonchev–Trinajstić information content (AvgIpc) is 2.29. The van der Waals surface area contributed by atoms with Crippen molar-refractivity contribution in [3.8, 4) is 0 Å². The van der Waals surface area contributed by atoms with Crippen molar-refractivity contribution in [2.45, 2.75) is 26.3 Å². The SMILES string of the molecule is CCCN(c1cccc(Cl)c1Cl)[C@H](C)C(=O)O. The van der Waals surface area contributed by atoms with E-state index in [9.17, 15) is 4.79 Å². The molecule has 5 heteroatoms. The van der Waals surface area contributed by atoms with E-state index in [1.807, 2.05) is 6.92 Å². The quantitative estimate of drug-likeness (QED) is 0.891. The van der Waals surface area contributed by atoms with Crippen molar-refractivity contribution in [2.24, 2.45) is 0 Å². The molecule has 0 unspecified atom stereocenters. The molecule has 0 amide bonds. The number of aliphatic carboxylic acids is 1. The number of carbonyl (C=O) groups is 1. The van der Waals surface area contributed by atoms with Gasteiger partial charge in [0.2, 0.25) is 0 Å². The highest BCUT2D eigenvalue weighted by molar-refractivity contribution is 6.43. The standard InChI is InChI=1S/C12H15Cl2NO2/c1-3-7-15(8(2)12(16)17)10-6-4-5-9(13)11(10)14/h4-6,8H,3,7H2,1-2H3,(H,16,17)/t8-/m1/s1. The van der Waals surface area contributed by atoms with Gasteiger partial charge in [-0.2, -0.15) is 0 Å². The van der Waals surface area contributed by atoms with Gasteiger partial charge in [-0.05, 0) is 25.5 Å². The molecule has 1 rings (SSSR count). The molecule has 1 aromatic rings. The molecule has 0 fully saturated rings. The summed E-state index contributed by atoms with van der Waals surface area (Å²) in [5.41, 5.74) is 0.663. The minimum atomic E-state index is -0.880. The summed E-state index contributed by atoms with van der Waals surface area (Å²) < 4.78 is 0. The normalized spacial score (nSPS) is 12.2. The van der Waals surface area contributed by atoms with Crippen LogP contribution in [-0.4, -0.2) is 23.7 Å². The number of hydrogen-bond donors (Lipinski definition) is 1. The number of carboxylic acids is 1. The number of hydrogen-bond acceptors (Lipinski definition) is 2. The zero-order valence-corrected chi connectivity index (χ0v) is 11.3. The molecule has 0 aliphatic carbocycles. The summed E-state index contributed by atoms with van der Waals surface area (Å²) in [6, 6.07) is 4.60. The lowest BCUT2D eigenvalue weighted by Gasteiger charge is -2.29. The second-order valence-corrected chi connectivity index (χ2v) is 4.57. The van der Waals surface area contributed by atoms with Gasteiger partial charge in [0.15, 0.2) is 0 Å². The fourth-order valence-electron chi connectivity index (χ4n) is 1.61. The summed E-state index contributed by atoms with van der Waals surface area (Å²) in [4.78, 5) is 12.8. The Bertz CT molecular complexity index is 409. The summed E-state index contributed by atoms with van der Waals surface area (Å²) >= 11 is 12.0. The van der Waals surface area contributed by atoms with E-state index in [0.29, 0.717) is 22.3 Å². The predicted molar refractivity (Wildman–Crippen MR) is 71.2 cm³/mol. The molecule has 17 heavy (non-hydrogen) atoms. The first-order chi connectivity index (χ1) is 7.99. The maximum atomic E-state index is 11.1. The zero-order valence-electron chi connectivity index (χ0n) is 9.78. The van der Waals surface area contributed by atoms with E-state index < -0.39 is 12.0 Å². The second-order valence-electron chi connectivity index (χ2n) is 3.78. The van der Waals surface area contributed by atoms with Crippen molar-refractivity contribution in [1.82, 2.24) is 0 Å². The number of rotatable bonds is 5. The van der Waals surface area contributed by atoms with Crippen molar-refractivity contribution in [2.75, 3.05) is 11.4 Å². The van der Waals surface area contributed by atoms with Crippen LogP contribution in [0.25, 0.3) is 0 Å². The maximum Gasteiger partial charge on any atom is 0.326 e. The van der Waals surface area contributed by atoms with Crippen molar-refractivity contribution >= 4 is 34.9 Å². The zero-order chi connectivity index (χ0) is 13.0. The summed E-state index contributed by atoms with van der Waals surface area (Å²) in [7, 11) is 0. The summed E-state index contributed by atoms with van der Waals surface area (Å²) in [5.74, 6) is -0.880. The van der Waals surface area contributed by atoms with Gasteiger partial charge in [-0.3, -0.25) is 0 Å². The molecule has 0 heterocycles. The van der Waals surface area contributed by atoms with Crippen LogP contribution in [0.5, 0.6) is 0 Å². The smallest absolute Gasteiger partial charge is 0.326 e. The van der Waals surface area contributed by atoms with Crippen LogP contribution in [0.4, 0.5) is 5.69 Å². The van der Waals surface area contributed by atoms with Crippen molar-refractivity contribution in [1.29, 1.82) is 0 Å². The van der Waals surface area contributed by atoms with Crippen LogP contribution in [0.3, 0.4) is 0 Å². The van der Waals surface area contributed by atoms with Crippen molar-refractivity contribution < 1.29 is 9.90 Å². The molecule has 0 aliphatic rings. The monoisotopic (exact) mass is 275 g/mol. The first-order valence-corrected chi connectivity index (χ1v) is 6.18. The number of benzene rings is 1. The lowest BCUT2D eigenvalue weighted by atomic mass is 10.2. The fourth-order valence-corrected chi connectivity index (χ4v) is 2.02.